The summed E-state index contributed by atoms with van der Waals surface area (Å²) in [6.07, 6.45) is 5.73. The summed E-state index contributed by atoms with van der Waals surface area (Å²) in [6.45, 7) is 0.434. The minimum Gasteiger partial charge on any atom is -0.478 e. The fourth-order valence-corrected chi connectivity index (χ4v) is 0.295. The van der Waals surface area contributed by atoms with Crippen LogP contribution in [0, 0.1) is 0 Å². The number of carboxylic acid groups (broad SMARTS) is 1. The van der Waals surface area contributed by atoms with Crippen molar-refractivity contribution >= 4 is 18.4 Å². The zero-order valence-corrected chi connectivity index (χ0v) is 6.17. The van der Waals surface area contributed by atoms with E-state index < -0.39 is 5.97 Å². The van der Waals surface area contributed by atoms with E-state index in [1.54, 1.807) is 12.2 Å². The normalized spacial score (nSPS) is 10.1. The lowest BCUT2D eigenvalue weighted by atomic mass is 10.4. The predicted molar refractivity (Wildman–Crippen MR) is 42.2 cm³/mol. The van der Waals surface area contributed by atoms with E-state index >= 15 is 0 Å². The van der Waals surface area contributed by atoms with Gasteiger partial charge in [-0.05, 0) is 0 Å². The SMILES string of the molecule is Cl.NCC=CC=CC(=O)O. The number of carbonyl (C=O) groups is 1. The first-order valence-corrected chi connectivity index (χ1v) is 2.53. The average molecular weight is 164 g/mol. The van der Waals surface area contributed by atoms with Crippen LogP contribution in [0.3, 0.4) is 0 Å². The number of hydrogen-bond acceptors (Lipinski definition) is 2. The molecule has 0 aliphatic heterocycles. The number of hydrogen-bond donors (Lipinski definition) is 2. The van der Waals surface area contributed by atoms with E-state index in [0.29, 0.717) is 6.54 Å². The summed E-state index contributed by atoms with van der Waals surface area (Å²) in [6, 6.07) is 0. The van der Waals surface area contributed by atoms with Crippen LogP contribution in [0.4, 0.5) is 0 Å². The Balaban J connectivity index is 0. The highest BCUT2D eigenvalue weighted by atomic mass is 35.5. The molecule has 0 unspecified atom stereocenters. The van der Waals surface area contributed by atoms with Crippen molar-refractivity contribution in [3.05, 3.63) is 24.3 Å². The standard InChI is InChI=1S/C6H9NO2.ClH/c7-5-3-1-2-4-6(8)9;/h1-4H,5,7H2,(H,8,9);1H. The summed E-state index contributed by atoms with van der Waals surface area (Å²) < 4.78 is 0. The Kier molecular flexibility index (Phi) is 9.79. The van der Waals surface area contributed by atoms with E-state index in [-0.39, 0.29) is 12.4 Å². The first-order valence-electron chi connectivity index (χ1n) is 2.53. The molecule has 0 aliphatic rings. The van der Waals surface area contributed by atoms with Crippen LogP contribution >= 0.6 is 12.4 Å². The molecule has 0 aliphatic carbocycles. The van der Waals surface area contributed by atoms with Crippen LogP contribution in [0.1, 0.15) is 0 Å². The van der Waals surface area contributed by atoms with Gasteiger partial charge in [-0.1, -0.05) is 18.2 Å². The molecule has 3 N–H and O–H groups in total. The summed E-state index contributed by atoms with van der Waals surface area (Å²) >= 11 is 0. The maximum Gasteiger partial charge on any atom is 0.328 e. The molecular formula is C6H10ClNO2. The van der Waals surface area contributed by atoms with Crippen LogP contribution in [0.2, 0.25) is 0 Å². The minimum atomic E-state index is -0.948. The van der Waals surface area contributed by atoms with Gasteiger partial charge in [0.25, 0.3) is 0 Å². The van der Waals surface area contributed by atoms with Crippen LogP contribution in [0.5, 0.6) is 0 Å². The fourth-order valence-electron chi connectivity index (χ4n) is 0.295. The first-order chi connectivity index (χ1) is 4.27. The van der Waals surface area contributed by atoms with Crippen LogP contribution in [0.25, 0.3) is 0 Å². The Morgan fingerprint density at radius 3 is 2.50 bits per heavy atom. The number of allylic oxidation sites excluding steroid dienone is 2. The second kappa shape index (κ2) is 8.20. The molecule has 0 spiro atoms. The highest BCUT2D eigenvalue weighted by molar-refractivity contribution is 5.85. The molecular weight excluding hydrogens is 154 g/mol. The Hall–Kier alpha value is -0.800. The van der Waals surface area contributed by atoms with E-state index in [1.165, 1.54) is 6.08 Å². The summed E-state index contributed by atoms with van der Waals surface area (Å²) in [5.74, 6) is -0.948. The third-order valence-electron chi connectivity index (χ3n) is 0.622. The molecule has 0 saturated carbocycles. The van der Waals surface area contributed by atoms with Gasteiger partial charge in [0.1, 0.15) is 0 Å². The van der Waals surface area contributed by atoms with Crippen LogP contribution < -0.4 is 5.73 Å². The van der Waals surface area contributed by atoms with Crippen molar-refractivity contribution < 1.29 is 9.90 Å². The molecule has 0 radical (unpaired) electrons. The number of aliphatic carboxylic acids is 1. The van der Waals surface area contributed by atoms with Crippen molar-refractivity contribution in [2.24, 2.45) is 5.73 Å². The van der Waals surface area contributed by atoms with E-state index in [0.717, 1.165) is 6.08 Å². The summed E-state index contributed by atoms with van der Waals surface area (Å²) in [5.41, 5.74) is 5.08. The van der Waals surface area contributed by atoms with Gasteiger partial charge in [-0.3, -0.25) is 0 Å². The second-order valence-corrected chi connectivity index (χ2v) is 1.36. The van der Waals surface area contributed by atoms with E-state index in [9.17, 15) is 4.79 Å². The monoisotopic (exact) mass is 163 g/mol. The molecule has 0 fully saturated rings. The largest absolute Gasteiger partial charge is 0.478 e. The van der Waals surface area contributed by atoms with Gasteiger partial charge < -0.3 is 10.8 Å². The maximum absolute atomic E-state index is 9.81. The van der Waals surface area contributed by atoms with Crippen LogP contribution in [0.15, 0.2) is 24.3 Å². The van der Waals surface area contributed by atoms with Crippen molar-refractivity contribution in [2.75, 3.05) is 6.54 Å². The third kappa shape index (κ3) is 10.2. The molecule has 0 bridgehead atoms. The van der Waals surface area contributed by atoms with E-state index in [1.807, 2.05) is 0 Å². The Labute approximate surface area is 65.6 Å². The van der Waals surface area contributed by atoms with Gasteiger partial charge in [0.2, 0.25) is 0 Å². The van der Waals surface area contributed by atoms with Crippen molar-refractivity contribution in [2.45, 2.75) is 0 Å². The molecule has 0 aromatic heterocycles. The van der Waals surface area contributed by atoms with E-state index in [2.05, 4.69) is 0 Å². The lowest BCUT2D eigenvalue weighted by molar-refractivity contribution is -0.131. The Morgan fingerprint density at radius 2 is 2.10 bits per heavy atom. The topological polar surface area (TPSA) is 63.3 Å². The van der Waals surface area contributed by atoms with Gasteiger partial charge in [0.15, 0.2) is 0 Å². The lowest BCUT2D eigenvalue weighted by Gasteiger charge is -1.75. The van der Waals surface area contributed by atoms with Crippen LogP contribution in [-0.2, 0) is 4.79 Å². The quantitative estimate of drug-likeness (QED) is 0.472. The molecule has 0 atom stereocenters. The van der Waals surface area contributed by atoms with Crippen molar-refractivity contribution in [3.8, 4) is 0 Å². The number of carboxylic acids is 1. The molecule has 0 amide bonds. The molecule has 0 heterocycles. The predicted octanol–water partition coefficient (Wildman–Crippen LogP) is 0.564. The number of rotatable bonds is 3. The molecule has 4 heteroatoms. The van der Waals surface area contributed by atoms with Gasteiger partial charge in [-0.15, -0.1) is 12.4 Å². The Morgan fingerprint density at radius 1 is 1.50 bits per heavy atom. The molecule has 0 aromatic rings. The highest BCUT2D eigenvalue weighted by Gasteiger charge is 1.78. The number of nitrogens with two attached hydrogens (primary N) is 1. The summed E-state index contributed by atoms with van der Waals surface area (Å²) in [5, 5.41) is 8.06. The molecule has 10 heavy (non-hydrogen) atoms. The maximum atomic E-state index is 9.81. The van der Waals surface area contributed by atoms with Gasteiger partial charge in [0, 0.05) is 12.6 Å². The van der Waals surface area contributed by atoms with Gasteiger partial charge in [-0.2, -0.15) is 0 Å². The number of halogens is 1. The van der Waals surface area contributed by atoms with E-state index in [4.69, 9.17) is 10.8 Å². The Bertz CT molecular complexity index is 143. The molecule has 0 aromatic carbocycles. The fraction of sp³-hybridized carbons (Fsp3) is 0.167. The van der Waals surface area contributed by atoms with Crippen molar-refractivity contribution in [1.29, 1.82) is 0 Å². The molecule has 0 rings (SSSR count). The van der Waals surface area contributed by atoms with Gasteiger partial charge in [-0.25, -0.2) is 4.79 Å². The molecule has 0 saturated heterocycles. The third-order valence-corrected chi connectivity index (χ3v) is 0.622. The average Bonchev–Trinajstić information content (AvgIpc) is 1.80. The zero-order valence-electron chi connectivity index (χ0n) is 5.36. The minimum absolute atomic E-state index is 0. The van der Waals surface area contributed by atoms with Gasteiger partial charge >= 0.3 is 5.97 Å². The summed E-state index contributed by atoms with van der Waals surface area (Å²) in [4.78, 5) is 9.81. The smallest absolute Gasteiger partial charge is 0.328 e. The second-order valence-electron chi connectivity index (χ2n) is 1.36. The first kappa shape index (κ1) is 11.9. The van der Waals surface area contributed by atoms with Crippen molar-refractivity contribution in [3.63, 3.8) is 0 Å². The summed E-state index contributed by atoms with van der Waals surface area (Å²) in [7, 11) is 0. The van der Waals surface area contributed by atoms with Crippen molar-refractivity contribution in [1.82, 2.24) is 0 Å². The van der Waals surface area contributed by atoms with Crippen LogP contribution in [-0.4, -0.2) is 17.6 Å². The lowest BCUT2D eigenvalue weighted by Crippen LogP contribution is -1.91. The molecule has 3 nitrogen and oxygen atoms in total. The highest BCUT2D eigenvalue weighted by Crippen LogP contribution is 1.74. The molecule has 58 valence electrons. The zero-order chi connectivity index (χ0) is 7.11. The van der Waals surface area contributed by atoms with Gasteiger partial charge in [0.05, 0.1) is 0 Å².